The molecule has 1 atom stereocenters. The molecule has 0 aromatic heterocycles. The molecule has 0 rings (SSSR count). The third kappa shape index (κ3) is 9.04. The normalized spacial score (nSPS) is 14.3. The van der Waals surface area contributed by atoms with Gasteiger partial charge in [-0.3, -0.25) is 4.79 Å². The molecule has 3 heteroatoms. The molecular formula is C16H33NO2. The number of carbonyl (C=O) groups is 1. The van der Waals surface area contributed by atoms with E-state index in [1.165, 1.54) is 0 Å². The number of amides is 1. The standard InChI is InChI=1S/C16H33NO2/c1-8-9-10-19-12-17-14(18)13(16(5,6)7)11-15(2,3)4/h13H,8-12H2,1-7H3,(H,17,18). The molecule has 3 nitrogen and oxygen atoms in total. The van der Waals surface area contributed by atoms with E-state index in [0.717, 1.165) is 25.9 Å². The van der Waals surface area contributed by atoms with E-state index in [1.54, 1.807) is 0 Å². The second-order valence-corrected chi connectivity index (χ2v) is 7.63. The number of nitrogens with one attached hydrogen (secondary N) is 1. The van der Waals surface area contributed by atoms with Crippen molar-refractivity contribution in [3.63, 3.8) is 0 Å². The summed E-state index contributed by atoms with van der Waals surface area (Å²) in [5.74, 6) is 0.126. The number of unbranched alkanes of at least 4 members (excludes halogenated alkanes) is 1. The third-order valence-electron chi connectivity index (χ3n) is 3.17. The molecule has 0 bridgehead atoms. The quantitative estimate of drug-likeness (QED) is 0.562. The highest BCUT2D eigenvalue weighted by Crippen LogP contribution is 2.35. The van der Waals surface area contributed by atoms with Crippen LogP contribution in [0.4, 0.5) is 0 Å². The van der Waals surface area contributed by atoms with Gasteiger partial charge in [0.15, 0.2) is 0 Å². The predicted molar refractivity (Wildman–Crippen MR) is 80.9 cm³/mol. The molecule has 19 heavy (non-hydrogen) atoms. The Morgan fingerprint density at radius 1 is 1.16 bits per heavy atom. The Hall–Kier alpha value is -0.570. The minimum Gasteiger partial charge on any atom is -0.361 e. The molecule has 0 aromatic rings. The average molecular weight is 271 g/mol. The largest absolute Gasteiger partial charge is 0.361 e. The zero-order chi connectivity index (χ0) is 15.1. The van der Waals surface area contributed by atoms with Gasteiger partial charge in [0.25, 0.3) is 0 Å². The van der Waals surface area contributed by atoms with Crippen molar-refractivity contribution < 1.29 is 9.53 Å². The summed E-state index contributed by atoms with van der Waals surface area (Å²) in [6.45, 7) is 16.1. The Morgan fingerprint density at radius 3 is 2.16 bits per heavy atom. The molecule has 114 valence electrons. The highest BCUT2D eigenvalue weighted by Gasteiger charge is 2.34. The first-order valence-corrected chi connectivity index (χ1v) is 7.43. The van der Waals surface area contributed by atoms with Crippen molar-refractivity contribution in [3.8, 4) is 0 Å². The first-order valence-electron chi connectivity index (χ1n) is 7.43. The summed E-state index contributed by atoms with van der Waals surface area (Å²) in [5.41, 5.74) is 0.124. The van der Waals surface area contributed by atoms with E-state index in [9.17, 15) is 4.79 Å². The van der Waals surface area contributed by atoms with Gasteiger partial charge in [-0.1, -0.05) is 54.9 Å². The molecule has 0 saturated heterocycles. The summed E-state index contributed by atoms with van der Waals surface area (Å²) in [6, 6.07) is 0. The fourth-order valence-corrected chi connectivity index (χ4v) is 1.97. The maximum Gasteiger partial charge on any atom is 0.225 e. The van der Waals surface area contributed by atoms with Crippen LogP contribution in [0.2, 0.25) is 0 Å². The van der Waals surface area contributed by atoms with Gasteiger partial charge in [-0.25, -0.2) is 0 Å². The molecule has 1 N–H and O–H groups in total. The predicted octanol–water partition coefficient (Wildman–Crippen LogP) is 3.98. The first kappa shape index (κ1) is 18.4. The maximum absolute atomic E-state index is 12.3. The van der Waals surface area contributed by atoms with E-state index in [-0.39, 0.29) is 22.7 Å². The minimum atomic E-state index is -0.0270. The van der Waals surface area contributed by atoms with Crippen LogP contribution in [0.5, 0.6) is 0 Å². The molecule has 0 heterocycles. The second-order valence-electron chi connectivity index (χ2n) is 7.63. The summed E-state index contributed by atoms with van der Waals surface area (Å²) in [7, 11) is 0. The summed E-state index contributed by atoms with van der Waals surface area (Å²) in [5, 5.41) is 2.91. The highest BCUT2D eigenvalue weighted by molar-refractivity contribution is 5.79. The maximum atomic E-state index is 12.3. The van der Waals surface area contributed by atoms with Crippen molar-refractivity contribution in [1.29, 1.82) is 0 Å². The Bertz CT molecular complexity index is 261. The second kappa shape index (κ2) is 7.88. The minimum absolute atomic E-state index is 0.0160. The van der Waals surface area contributed by atoms with Crippen molar-refractivity contribution in [1.82, 2.24) is 5.32 Å². The van der Waals surface area contributed by atoms with Crippen LogP contribution in [0.15, 0.2) is 0 Å². The fourth-order valence-electron chi connectivity index (χ4n) is 1.97. The summed E-state index contributed by atoms with van der Waals surface area (Å²) in [4.78, 5) is 12.3. The number of hydrogen-bond donors (Lipinski definition) is 1. The summed E-state index contributed by atoms with van der Waals surface area (Å²) in [6.07, 6.45) is 3.04. The number of carbonyl (C=O) groups excluding carboxylic acids is 1. The first-order chi connectivity index (χ1) is 8.58. The van der Waals surface area contributed by atoms with Crippen LogP contribution >= 0.6 is 0 Å². The summed E-state index contributed by atoms with van der Waals surface area (Å²) >= 11 is 0. The zero-order valence-electron chi connectivity index (χ0n) is 13.9. The van der Waals surface area contributed by atoms with Crippen molar-refractivity contribution in [3.05, 3.63) is 0 Å². The lowest BCUT2D eigenvalue weighted by molar-refractivity contribution is -0.131. The molecule has 0 aliphatic carbocycles. The Kier molecular flexibility index (Phi) is 7.65. The molecule has 1 unspecified atom stereocenters. The smallest absolute Gasteiger partial charge is 0.225 e. The van der Waals surface area contributed by atoms with Gasteiger partial charge in [-0.05, 0) is 23.7 Å². The molecule has 0 spiro atoms. The molecule has 0 aliphatic rings. The fraction of sp³-hybridized carbons (Fsp3) is 0.938. The number of rotatable bonds is 7. The van der Waals surface area contributed by atoms with Gasteiger partial charge in [-0.15, -0.1) is 0 Å². The van der Waals surface area contributed by atoms with E-state index in [4.69, 9.17) is 4.74 Å². The molecule has 0 aromatic carbocycles. The van der Waals surface area contributed by atoms with Crippen LogP contribution in [-0.2, 0) is 9.53 Å². The van der Waals surface area contributed by atoms with Crippen molar-refractivity contribution in [2.75, 3.05) is 13.3 Å². The van der Waals surface area contributed by atoms with E-state index in [0.29, 0.717) is 6.73 Å². The number of hydrogen-bond acceptors (Lipinski definition) is 2. The van der Waals surface area contributed by atoms with Crippen LogP contribution in [0.25, 0.3) is 0 Å². The monoisotopic (exact) mass is 271 g/mol. The summed E-state index contributed by atoms with van der Waals surface area (Å²) < 4.78 is 5.41. The molecule has 0 radical (unpaired) electrons. The Morgan fingerprint density at radius 2 is 1.74 bits per heavy atom. The van der Waals surface area contributed by atoms with Crippen molar-refractivity contribution in [2.45, 2.75) is 67.7 Å². The Labute approximate surface area is 119 Å². The van der Waals surface area contributed by atoms with Gasteiger partial charge in [0, 0.05) is 12.5 Å². The van der Waals surface area contributed by atoms with Crippen LogP contribution in [-0.4, -0.2) is 19.2 Å². The van der Waals surface area contributed by atoms with Crippen LogP contribution in [0, 0.1) is 16.7 Å². The average Bonchev–Trinajstić information content (AvgIpc) is 2.22. The molecule has 0 fully saturated rings. The van der Waals surface area contributed by atoms with Gasteiger partial charge >= 0.3 is 0 Å². The lowest BCUT2D eigenvalue weighted by atomic mass is 9.72. The zero-order valence-corrected chi connectivity index (χ0v) is 13.9. The van der Waals surface area contributed by atoms with Crippen molar-refractivity contribution >= 4 is 5.91 Å². The van der Waals surface area contributed by atoms with Gasteiger partial charge in [0.1, 0.15) is 6.73 Å². The van der Waals surface area contributed by atoms with Gasteiger partial charge in [0.2, 0.25) is 5.91 Å². The lowest BCUT2D eigenvalue weighted by Crippen LogP contribution is -2.40. The molecule has 1 amide bonds. The van der Waals surface area contributed by atoms with Gasteiger partial charge in [-0.2, -0.15) is 0 Å². The Balaban J connectivity index is 4.33. The van der Waals surface area contributed by atoms with E-state index in [2.05, 4.69) is 53.8 Å². The topological polar surface area (TPSA) is 38.3 Å². The van der Waals surface area contributed by atoms with E-state index >= 15 is 0 Å². The van der Waals surface area contributed by atoms with Crippen LogP contribution in [0.3, 0.4) is 0 Å². The third-order valence-corrected chi connectivity index (χ3v) is 3.17. The molecule has 0 aliphatic heterocycles. The van der Waals surface area contributed by atoms with Crippen LogP contribution in [0.1, 0.15) is 67.7 Å². The lowest BCUT2D eigenvalue weighted by Gasteiger charge is -2.34. The molecule has 0 saturated carbocycles. The van der Waals surface area contributed by atoms with Gasteiger partial charge in [0.05, 0.1) is 0 Å². The highest BCUT2D eigenvalue weighted by atomic mass is 16.5. The van der Waals surface area contributed by atoms with Gasteiger partial charge < -0.3 is 10.1 Å². The SMILES string of the molecule is CCCCOCNC(=O)C(CC(C)(C)C)C(C)(C)C. The van der Waals surface area contributed by atoms with Crippen LogP contribution < -0.4 is 5.32 Å². The van der Waals surface area contributed by atoms with E-state index < -0.39 is 0 Å². The number of ether oxygens (including phenoxy) is 1. The van der Waals surface area contributed by atoms with E-state index in [1.807, 2.05) is 0 Å². The molecular weight excluding hydrogens is 238 g/mol. The van der Waals surface area contributed by atoms with Crippen molar-refractivity contribution in [2.24, 2.45) is 16.7 Å².